The zero-order valence-electron chi connectivity index (χ0n) is 4.00. The molecule has 0 saturated heterocycles. The van der Waals surface area contributed by atoms with Crippen molar-refractivity contribution >= 4 is 17.4 Å². The van der Waals surface area contributed by atoms with Crippen molar-refractivity contribution in [1.29, 1.82) is 0 Å². The summed E-state index contributed by atoms with van der Waals surface area (Å²) in [5, 5.41) is 0. The topological polar surface area (TPSA) is 0 Å². The second-order valence-corrected chi connectivity index (χ2v) is 0. The zero-order chi connectivity index (χ0) is 2.00. The largest absolute Gasteiger partial charge is 1.00 e. The average molecular weight is 88.1 g/mol. The van der Waals surface area contributed by atoms with Crippen LogP contribution in [0.15, 0.2) is 0 Å². The van der Waals surface area contributed by atoms with Crippen LogP contribution in [0, 0.1) is 0 Å². The summed E-state index contributed by atoms with van der Waals surface area (Å²) in [6.45, 7) is 4.00. The predicted molar refractivity (Wildman–Crippen MR) is 33.4 cm³/mol. The van der Waals surface area contributed by atoms with Crippen molar-refractivity contribution in [3.8, 4) is 0 Å². The van der Waals surface area contributed by atoms with Gasteiger partial charge in [-0.3, -0.25) is 0 Å². The van der Waals surface area contributed by atoms with Crippen molar-refractivity contribution in [2.45, 2.75) is 21.3 Å². The first-order valence-electron chi connectivity index (χ1n) is 1.00. The van der Waals surface area contributed by atoms with Crippen LogP contribution in [0.4, 0.5) is 0 Å². The molecule has 0 atom stereocenters. The van der Waals surface area contributed by atoms with Crippen molar-refractivity contribution in [2.24, 2.45) is 0 Å². The van der Waals surface area contributed by atoms with Crippen LogP contribution in [0.25, 0.3) is 0 Å². The van der Waals surface area contributed by atoms with Crippen LogP contribution < -0.4 is 18.9 Å². The Labute approximate surface area is 62.1 Å². The SMILES string of the molecule is C.CC.[AlH3].[H-].[HH].[HH].[Li+]. The van der Waals surface area contributed by atoms with E-state index in [1.165, 1.54) is 0 Å². The van der Waals surface area contributed by atoms with E-state index in [9.17, 15) is 0 Å². The number of hydrogen-bond acceptors (Lipinski definition) is 0. The van der Waals surface area contributed by atoms with Crippen molar-refractivity contribution in [3.63, 3.8) is 0 Å². The van der Waals surface area contributed by atoms with Gasteiger partial charge in [-0.2, -0.15) is 0 Å². The Morgan fingerprint density at radius 1 is 1.40 bits per heavy atom. The summed E-state index contributed by atoms with van der Waals surface area (Å²) in [5.41, 5.74) is 0. The Hall–Kier alpha value is 1.13. The van der Waals surface area contributed by atoms with Gasteiger partial charge >= 0.3 is 18.9 Å². The third kappa shape index (κ3) is 39.4. The fourth-order valence-electron chi connectivity index (χ4n) is 0. The monoisotopic (exact) mass is 88.1 g/mol. The van der Waals surface area contributed by atoms with E-state index in [0.717, 1.165) is 0 Å². The van der Waals surface area contributed by atoms with E-state index in [1.54, 1.807) is 0 Å². The first kappa shape index (κ1) is 35.6. The second kappa shape index (κ2) is 68.5. The molecule has 0 N–H and O–H groups in total. The summed E-state index contributed by atoms with van der Waals surface area (Å²) in [7, 11) is 0. The van der Waals surface area contributed by atoms with Gasteiger partial charge in [0.1, 0.15) is 0 Å². The standard InChI is InChI=1S/C2H6.CH4.Al.Li.2H2.4H/c1-2;;;;;;;;;/h1-2H3;1H4;;;2*1H;;;;/q;;;+1;;;;;;-1. The molecule has 0 heterocycles. The molecule has 0 aliphatic rings. The Morgan fingerprint density at radius 3 is 1.40 bits per heavy atom. The van der Waals surface area contributed by atoms with Crippen LogP contribution in [-0.4, -0.2) is 17.4 Å². The van der Waals surface area contributed by atoms with Gasteiger partial charge in [-0.1, -0.05) is 21.3 Å². The summed E-state index contributed by atoms with van der Waals surface area (Å²) in [5.74, 6) is 0. The summed E-state index contributed by atoms with van der Waals surface area (Å²) < 4.78 is 0. The maximum Gasteiger partial charge on any atom is 1.00 e. The zero-order valence-corrected chi connectivity index (χ0v) is 3.00. The Morgan fingerprint density at radius 2 is 1.40 bits per heavy atom. The molecule has 0 aromatic carbocycles. The van der Waals surface area contributed by atoms with Crippen molar-refractivity contribution < 1.29 is 23.1 Å². The maximum absolute atomic E-state index is 2.00. The molecular formula is C3H18AlLi. The van der Waals surface area contributed by atoms with E-state index in [4.69, 9.17) is 0 Å². The fourth-order valence-corrected chi connectivity index (χ4v) is 0. The van der Waals surface area contributed by atoms with Gasteiger partial charge in [-0.25, -0.2) is 0 Å². The minimum absolute atomic E-state index is 0. The second-order valence-electron chi connectivity index (χ2n) is 0. The van der Waals surface area contributed by atoms with Gasteiger partial charge in [0.15, 0.2) is 17.4 Å². The molecule has 5 heavy (non-hydrogen) atoms. The van der Waals surface area contributed by atoms with Gasteiger partial charge < -0.3 is 1.43 Å². The summed E-state index contributed by atoms with van der Waals surface area (Å²) in [6, 6.07) is 0. The fraction of sp³-hybridized carbons (Fsp3) is 1.00. The third-order valence-corrected chi connectivity index (χ3v) is 0. The van der Waals surface area contributed by atoms with Gasteiger partial charge in [0, 0.05) is 2.85 Å². The summed E-state index contributed by atoms with van der Waals surface area (Å²) in [6.07, 6.45) is 0. The third-order valence-electron chi connectivity index (χ3n) is 0. The first-order valence-corrected chi connectivity index (χ1v) is 1.00. The van der Waals surface area contributed by atoms with Crippen molar-refractivity contribution in [2.75, 3.05) is 0 Å². The van der Waals surface area contributed by atoms with Gasteiger partial charge in [-0.05, 0) is 0 Å². The molecule has 0 aliphatic carbocycles. The van der Waals surface area contributed by atoms with Crippen LogP contribution in [0.5, 0.6) is 0 Å². The van der Waals surface area contributed by atoms with Gasteiger partial charge in [0.05, 0.1) is 0 Å². The molecule has 0 fully saturated rings. The van der Waals surface area contributed by atoms with E-state index in [1.807, 2.05) is 13.8 Å². The molecule has 34 valence electrons. The van der Waals surface area contributed by atoms with Crippen molar-refractivity contribution in [3.05, 3.63) is 0 Å². The van der Waals surface area contributed by atoms with E-state index >= 15 is 0 Å². The molecule has 0 aromatic rings. The van der Waals surface area contributed by atoms with Gasteiger partial charge in [-0.15, -0.1) is 0 Å². The Bertz CT molecular complexity index is 14.5. The minimum atomic E-state index is 0. The van der Waals surface area contributed by atoms with Gasteiger partial charge in [0.25, 0.3) is 0 Å². The van der Waals surface area contributed by atoms with Crippen LogP contribution in [-0.2, 0) is 0 Å². The molecule has 0 amide bonds. The molecule has 0 aromatic heterocycles. The van der Waals surface area contributed by atoms with E-state index in [-0.39, 0.29) is 47.9 Å². The molecule has 0 unspecified atom stereocenters. The molecule has 0 rings (SSSR count). The van der Waals surface area contributed by atoms with Crippen LogP contribution in [0.3, 0.4) is 0 Å². The summed E-state index contributed by atoms with van der Waals surface area (Å²) >= 11 is 0. The number of hydrogen-bond donors (Lipinski definition) is 0. The van der Waals surface area contributed by atoms with E-state index in [2.05, 4.69) is 0 Å². The minimum Gasteiger partial charge on any atom is -1.00 e. The van der Waals surface area contributed by atoms with E-state index < -0.39 is 0 Å². The van der Waals surface area contributed by atoms with Crippen LogP contribution >= 0.6 is 0 Å². The molecule has 0 nitrogen and oxygen atoms in total. The molecule has 0 bridgehead atoms. The van der Waals surface area contributed by atoms with E-state index in [0.29, 0.717) is 0 Å². The normalized spacial score (nSPS) is 1.20. The Balaban J connectivity index is -0.000000000333. The molecule has 0 spiro atoms. The quantitative estimate of drug-likeness (QED) is 0.303. The smallest absolute Gasteiger partial charge is 1.00 e. The molecule has 2 heteroatoms. The van der Waals surface area contributed by atoms with Crippen LogP contribution in [0.1, 0.15) is 25.6 Å². The molecule has 0 aliphatic heterocycles. The maximum atomic E-state index is 2.00. The molecule has 0 radical (unpaired) electrons. The average Bonchev–Trinajstić information content (AvgIpc) is 1.00. The summed E-state index contributed by atoms with van der Waals surface area (Å²) in [4.78, 5) is 0. The molecular weight excluding hydrogens is 70.0 g/mol. The van der Waals surface area contributed by atoms with Crippen molar-refractivity contribution in [1.82, 2.24) is 0 Å². The predicted octanol–water partition coefficient (Wildman–Crippen LogP) is -1.91. The van der Waals surface area contributed by atoms with Crippen LogP contribution in [0.2, 0.25) is 0 Å². The molecule has 0 saturated carbocycles. The number of rotatable bonds is 0. The Kier molecular flexibility index (Phi) is 487. The van der Waals surface area contributed by atoms with Gasteiger partial charge in [0.2, 0.25) is 0 Å². The first-order chi connectivity index (χ1) is 1.00.